The highest BCUT2D eigenvalue weighted by atomic mass is 16.5. The summed E-state index contributed by atoms with van der Waals surface area (Å²) in [4.78, 5) is 46.8. The zero-order valence-corrected chi connectivity index (χ0v) is 35.1. The number of aliphatic hydroxyl groups is 1. The van der Waals surface area contributed by atoms with E-state index in [1.54, 1.807) is 0 Å². The third-order valence-corrected chi connectivity index (χ3v) is 9.60. The summed E-state index contributed by atoms with van der Waals surface area (Å²) in [6, 6.07) is 0. The van der Waals surface area contributed by atoms with Crippen molar-refractivity contribution in [3.63, 3.8) is 0 Å². The lowest BCUT2D eigenvalue weighted by Crippen LogP contribution is -2.31. The average molecular weight is 756 g/mol. The molecule has 1 atom stereocenters. The Balaban J connectivity index is 0. The van der Waals surface area contributed by atoms with Crippen LogP contribution in [0, 0.1) is 0 Å². The minimum atomic E-state index is -1.16. The number of unbranched alkanes of at least 4 members (excludes halogenated alkanes) is 19. The Labute approximate surface area is 326 Å². The van der Waals surface area contributed by atoms with Crippen molar-refractivity contribution < 1.29 is 38.9 Å². The number of aliphatic hydroxyl groups excluding tert-OH is 1. The fourth-order valence-electron chi connectivity index (χ4n) is 6.00. The molecule has 0 spiro atoms. The van der Waals surface area contributed by atoms with Gasteiger partial charge >= 0.3 is 17.9 Å². The van der Waals surface area contributed by atoms with Gasteiger partial charge in [0, 0.05) is 32.4 Å². The van der Waals surface area contributed by atoms with E-state index >= 15 is 0 Å². The highest BCUT2D eigenvalue weighted by Crippen LogP contribution is 2.14. The lowest BCUT2D eigenvalue weighted by molar-refractivity contribution is -0.147. The number of hydrogen-bond donors (Lipinski definition) is 2. The summed E-state index contributed by atoms with van der Waals surface area (Å²) in [5, 5.41) is 17.1. The van der Waals surface area contributed by atoms with Gasteiger partial charge in [-0.25, -0.2) is 4.79 Å². The number of likely N-dealkylation sites (tertiary alicyclic amines) is 1. The van der Waals surface area contributed by atoms with Gasteiger partial charge in [0.05, 0.1) is 13.2 Å². The molecule has 53 heavy (non-hydrogen) atoms. The van der Waals surface area contributed by atoms with Crippen molar-refractivity contribution in [2.75, 3.05) is 26.3 Å². The van der Waals surface area contributed by atoms with Gasteiger partial charge < -0.3 is 24.6 Å². The number of carboxylic acids is 1. The molecule has 9 heteroatoms. The summed E-state index contributed by atoms with van der Waals surface area (Å²) >= 11 is 0. The van der Waals surface area contributed by atoms with Gasteiger partial charge in [0.15, 0.2) is 6.10 Å². The Bertz CT molecular complexity index is 808. The van der Waals surface area contributed by atoms with Crippen LogP contribution in [0.5, 0.6) is 0 Å². The van der Waals surface area contributed by atoms with Crippen molar-refractivity contribution in [2.24, 2.45) is 0 Å². The quantitative estimate of drug-likeness (QED) is 0.0512. The zero-order chi connectivity index (χ0) is 39.6. The van der Waals surface area contributed by atoms with E-state index < -0.39 is 12.1 Å². The summed E-state index contributed by atoms with van der Waals surface area (Å²) in [6.07, 6.45) is 32.6. The van der Waals surface area contributed by atoms with Crippen molar-refractivity contribution in [1.29, 1.82) is 0 Å². The van der Waals surface area contributed by atoms with Crippen molar-refractivity contribution in [1.82, 2.24) is 4.90 Å². The molecule has 0 aromatic heterocycles. The molecule has 1 unspecified atom stereocenters. The van der Waals surface area contributed by atoms with Gasteiger partial charge in [0.1, 0.15) is 0 Å². The molecule has 314 valence electrons. The lowest BCUT2D eigenvalue weighted by Gasteiger charge is -2.20. The fraction of sp³-hybridized carbons (Fsp3) is 0.909. The van der Waals surface area contributed by atoms with Crippen molar-refractivity contribution in [3.8, 4) is 0 Å². The van der Waals surface area contributed by atoms with Gasteiger partial charge in [0.25, 0.3) is 0 Å². The number of nitrogens with zero attached hydrogens (tertiary/aromatic N) is 1. The van der Waals surface area contributed by atoms with E-state index in [1.165, 1.54) is 77.0 Å². The van der Waals surface area contributed by atoms with Gasteiger partial charge in [-0.15, -0.1) is 0 Å². The van der Waals surface area contributed by atoms with Crippen LogP contribution >= 0.6 is 0 Å². The molecule has 1 aliphatic heterocycles. The smallest absolute Gasteiger partial charge is 0.332 e. The van der Waals surface area contributed by atoms with Crippen LogP contribution in [-0.4, -0.2) is 71.3 Å². The van der Waals surface area contributed by atoms with Crippen LogP contribution < -0.4 is 0 Å². The van der Waals surface area contributed by atoms with E-state index in [4.69, 9.17) is 19.7 Å². The second-order valence-electron chi connectivity index (χ2n) is 14.8. The van der Waals surface area contributed by atoms with Crippen LogP contribution in [0.3, 0.4) is 0 Å². The summed E-state index contributed by atoms with van der Waals surface area (Å²) < 4.78 is 10.2. The Morgan fingerprint density at radius 3 is 1.43 bits per heavy atom. The number of ether oxygens (including phenoxy) is 2. The Morgan fingerprint density at radius 2 is 0.981 bits per heavy atom. The first-order chi connectivity index (χ1) is 25.7. The first kappa shape index (κ1) is 52.9. The maximum Gasteiger partial charge on any atom is 0.332 e. The van der Waals surface area contributed by atoms with E-state index in [0.717, 1.165) is 116 Å². The highest BCUT2D eigenvalue weighted by Gasteiger charge is 2.15. The Hall–Kier alpha value is -2.16. The minimum Gasteiger partial charge on any atom is -0.479 e. The van der Waals surface area contributed by atoms with E-state index in [0.29, 0.717) is 38.4 Å². The summed E-state index contributed by atoms with van der Waals surface area (Å²) in [6.45, 7) is 11.7. The minimum absolute atomic E-state index is 0.0664. The monoisotopic (exact) mass is 756 g/mol. The van der Waals surface area contributed by atoms with E-state index in [2.05, 4.69) is 32.6 Å². The molecule has 9 nitrogen and oxygen atoms in total. The number of aliphatic carboxylic acids is 1. The molecule has 1 fully saturated rings. The van der Waals surface area contributed by atoms with Gasteiger partial charge in [-0.1, -0.05) is 156 Å². The molecule has 1 saturated heterocycles. The van der Waals surface area contributed by atoms with Crippen LogP contribution in [0.4, 0.5) is 0 Å². The molecule has 2 N–H and O–H groups in total. The predicted molar refractivity (Wildman–Crippen MR) is 218 cm³/mol. The number of esters is 2. The van der Waals surface area contributed by atoms with Crippen molar-refractivity contribution >= 4 is 23.8 Å². The standard InChI is InChI=1S/C18H35NO.C18H34O4.C8H16O3/c1-2-3-4-5-6-7-8-9-10-13-16-19-17-14-11-12-15-18(19)20;1-3-5-15-21-17(19)13-11-9-7-8-10-12-14-18(20)22-16-6-4-2;1-2-3-4-5-6-7(9)8(10)11/h2-17H2,1H3;3-16H2,1-2H3;7,9H,2-6H2,1H3,(H,10,11). The van der Waals surface area contributed by atoms with E-state index in [-0.39, 0.29) is 11.9 Å². The second-order valence-corrected chi connectivity index (χ2v) is 14.8. The number of rotatable bonds is 32. The molecular weight excluding hydrogens is 670 g/mol. The molecule has 0 aromatic rings. The molecule has 0 aromatic carbocycles. The highest BCUT2D eigenvalue weighted by molar-refractivity contribution is 5.76. The predicted octanol–water partition coefficient (Wildman–Crippen LogP) is 11.5. The van der Waals surface area contributed by atoms with Crippen molar-refractivity contribution in [2.45, 2.75) is 233 Å². The molecule has 1 rings (SSSR count). The molecule has 0 bridgehead atoms. The van der Waals surface area contributed by atoms with Crippen LogP contribution in [0.1, 0.15) is 227 Å². The number of amides is 1. The van der Waals surface area contributed by atoms with Gasteiger partial charge in [-0.2, -0.15) is 0 Å². The average Bonchev–Trinajstić information content (AvgIpc) is 3.36. The SMILES string of the molecule is CCCCCCC(O)C(=O)O.CCCCCCCCCCCCN1CCCCCC1=O.CCCCOC(=O)CCCCCCCCC(=O)OCCCC. The number of hydrogen-bond acceptors (Lipinski definition) is 7. The molecule has 0 saturated carbocycles. The summed E-state index contributed by atoms with van der Waals surface area (Å²) in [7, 11) is 0. The molecule has 1 aliphatic rings. The Morgan fingerprint density at radius 1 is 0.566 bits per heavy atom. The van der Waals surface area contributed by atoms with Crippen LogP contribution in [0.25, 0.3) is 0 Å². The molecule has 0 radical (unpaired) electrons. The first-order valence-electron chi connectivity index (χ1n) is 22.2. The number of carboxylic acid groups (broad SMARTS) is 1. The normalized spacial score (nSPS) is 13.2. The van der Waals surface area contributed by atoms with Gasteiger partial charge in [-0.05, 0) is 51.4 Å². The number of carbonyl (C=O) groups excluding carboxylic acids is 3. The fourth-order valence-corrected chi connectivity index (χ4v) is 6.00. The lowest BCUT2D eigenvalue weighted by atomic mass is 10.1. The largest absolute Gasteiger partial charge is 0.479 e. The maximum absolute atomic E-state index is 11.8. The second kappa shape index (κ2) is 42.6. The zero-order valence-electron chi connectivity index (χ0n) is 35.1. The van der Waals surface area contributed by atoms with Crippen LogP contribution in [0.15, 0.2) is 0 Å². The summed E-state index contributed by atoms with van der Waals surface area (Å²) in [5.74, 6) is -0.841. The molecule has 1 amide bonds. The Kier molecular flexibility index (Phi) is 42.5. The first-order valence-corrected chi connectivity index (χ1v) is 22.2. The number of carbonyl (C=O) groups is 4. The van der Waals surface area contributed by atoms with Crippen LogP contribution in [0.2, 0.25) is 0 Å². The molecule has 1 heterocycles. The van der Waals surface area contributed by atoms with E-state index in [9.17, 15) is 19.2 Å². The van der Waals surface area contributed by atoms with Gasteiger partial charge in [0.2, 0.25) is 5.91 Å². The maximum atomic E-state index is 11.8. The topological polar surface area (TPSA) is 130 Å². The van der Waals surface area contributed by atoms with Crippen LogP contribution in [-0.2, 0) is 28.7 Å². The van der Waals surface area contributed by atoms with Gasteiger partial charge in [-0.3, -0.25) is 14.4 Å². The summed E-state index contributed by atoms with van der Waals surface area (Å²) in [5.41, 5.74) is 0. The molecular formula is C44H85NO8. The third kappa shape index (κ3) is 40.9. The van der Waals surface area contributed by atoms with E-state index in [1.807, 2.05) is 0 Å². The van der Waals surface area contributed by atoms with Crippen molar-refractivity contribution in [3.05, 3.63) is 0 Å². The molecule has 0 aliphatic carbocycles. The third-order valence-electron chi connectivity index (χ3n) is 9.60.